The molecular weight excluding hydrogens is 490 g/mol. The molecule has 1 aliphatic rings. The van der Waals surface area contributed by atoms with Gasteiger partial charge < -0.3 is 25.3 Å². The second kappa shape index (κ2) is 12.4. The fourth-order valence-electron chi connectivity index (χ4n) is 5.59. The molecule has 2 amide bonds. The Bertz CT molecular complexity index is 1440. The van der Waals surface area contributed by atoms with Crippen LogP contribution < -0.4 is 11.1 Å². The van der Waals surface area contributed by atoms with Gasteiger partial charge in [-0.15, -0.1) is 0 Å². The number of aryl methyl sites for hydroxylation is 1. The van der Waals surface area contributed by atoms with E-state index >= 15 is 0 Å². The van der Waals surface area contributed by atoms with E-state index in [2.05, 4.69) is 16.0 Å². The molecule has 1 fully saturated rings. The second-order valence-electron chi connectivity index (χ2n) is 10.3. The maximum atomic E-state index is 13.2. The first-order valence-corrected chi connectivity index (χ1v) is 13.8. The summed E-state index contributed by atoms with van der Waals surface area (Å²) in [7, 11) is 1.72. The number of ether oxygens (including phenoxy) is 1. The highest BCUT2D eigenvalue weighted by molar-refractivity contribution is 6.07. The maximum Gasteiger partial charge on any atom is 0.251 e. The van der Waals surface area contributed by atoms with Crippen molar-refractivity contribution < 1.29 is 14.3 Å². The summed E-state index contributed by atoms with van der Waals surface area (Å²) in [6.45, 7) is 3.10. The number of nitrogens with two attached hydrogens (primary N) is 1. The Kier molecular flexibility index (Phi) is 8.54. The van der Waals surface area contributed by atoms with Crippen molar-refractivity contribution in [3.8, 4) is 0 Å². The van der Waals surface area contributed by atoms with Gasteiger partial charge in [-0.05, 0) is 48.2 Å². The van der Waals surface area contributed by atoms with Crippen LogP contribution in [0.4, 0.5) is 0 Å². The molecule has 0 bridgehead atoms. The third kappa shape index (κ3) is 6.13. The van der Waals surface area contributed by atoms with Crippen LogP contribution in [0.25, 0.3) is 21.8 Å². The number of likely N-dealkylation sites (tertiary alicyclic amines) is 1. The summed E-state index contributed by atoms with van der Waals surface area (Å²) in [6.07, 6.45) is 3.00. The summed E-state index contributed by atoms with van der Waals surface area (Å²) in [6, 6.07) is 21.2. The summed E-state index contributed by atoms with van der Waals surface area (Å²) in [5.41, 5.74) is 9.03. The van der Waals surface area contributed by atoms with Gasteiger partial charge in [0.05, 0.1) is 11.0 Å². The molecule has 204 valence electrons. The standard InChI is InChI=1S/C31H37N5O3/c1-39-18-8-17-36-28-15-5-4-14-27(28)34-30(36)23-11-7-16-35(21-23)29(37)19-24(32)20-33-31(38)26-13-6-10-22-9-2-3-12-25(22)26/h2-6,9-10,12-15,23-24H,7-8,11,16-21,32H2,1H3,(H,33,38). The lowest BCUT2D eigenvalue weighted by molar-refractivity contribution is -0.132. The third-order valence-electron chi connectivity index (χ3n) is 7.55. The van der Waals surface area contributed by atoms with Crippen molar-refractivity contribution in [2.45, 2.75) is 44.2 Å². The van der Waals surface area contributed by atoms with E-state index in [0.29, 0.717) is 25.3 Å². The number of fused-ring (bicyclic) bond motifs is 2. The number of amides is 2. The number of carbonyl (C=O) groups excluding carboxylic acids is 2. The van der Waals surface area contributed by atoms with Gasteiger partial charge in [-0.2, -0.15) is 0 Å². The van der Waals surface area contributed by atoms with Crippen LogP contribution in [0.15, 0.2) is 66.7 Å². The highest BCUT2D eigenvalue weighted by Gasteiger charge is 2.29. The number of nitrogens with zero attached hydrogens (tertiary/aromatic N) is 3. The monoisotopic (exact) mass is 527 g/mol. The van der Waals surface area contributed by atoms with Gasteiger partial charge in [0.2, 0.25) is 5.91 Å². The number of nitrogens with one attached hydrogen (secondary N) is 1. The molecule has 2 atom stereocenters. The van der Waals surface area contributed by atoms with Crippen LogP contribution >= 0.6 is 0 Å². The van der Waals surface area contributed by atoms with E-state index in [1.54, 1.807) is 7.11 Å². The summed E-state index contributed by atoms with van der Waals surface area (Å²) in [4.78, 5) is 33.0. The van der Waals surface area contributed by atoms with Crippen molar-refractivity contribution in [1.82, 2.24) is 19.8 Å². The van der Waals surface area contributed by atoms with Crippen molar-refractivity contribution in [2.24, 2.45) is 5.73 Å². The maximum absolute atomic E-state index is 13.2. The molecule has 8 heteroatoms. The third-order valence-corrected chi connectivity index (χ3v) is 7.55. The molecule has 0 saturated carbocycles. The molecule has 3 N–H and O–H groups in total. The first-order chi connectivity index (χ1) is 19.0. The van der Waals surface area contributed by atoms with Crippen LogP contribution in [0, 0.1) is 0 Å². The summed E-state index contributed by atoms with van der Waals surface area (Å²) < 4.78 is 7.57. The summed E-state index contributed by atoms with van der Waals surface area (Å²) >= 11 is 0. The minimum atomic E-state index is -0.463. The van der Waals surface area contributed by atoms with Crippen molar-refractivity contribution >= 4 is 33.6 Å². The van der Waals surface area contributed by atoms with Gasteiger partial charge in [0, 0.05) is 63.8 Å². The Morgan fingerprint density at radius 2 is 1.90 bits per heavy atom. The van der Waals surface area contributed by atoms with Crippen LogP contribution in [0.2, 0.25) is 0 Å². The van der Waals surface area contributed by atoms with Crippen LogP contribution in [0.3, 0.4) is 0 Å². The van der Waals surface area contributed by atoms with Gasteiger partial charge in [0.1, 0.15) is 5.82 Å². The van der Waals surface area contributed by atoms with Gasteiger partial charge in [0.25, 0.3) is 5.91 Å². The molecule has 0 radical (unpaired) electrons. The number of rotatable bonds is 10. The molecule has 1 saturated heterocycles. The molecule has 1 aromatic heterocycles. The Labute approximate surface area is 229 Å². The first kappa shape index (κ1) is 26.8. The molecule has 39 heavy (non-hydrogen) atoms. The van der Waals surface area contributed by atoms with Crippen LogP contribution in [-0.4, -0.2) is 65.7 Å². The molecule has 2 unspecified atom stereocenters. The topological polar surface area (TPSA) is 102 Å². The highest BCUT2D eigenvalue weighted by atomic mass is 16.5. The van der Waals surface area contributed by atoms with Crippen molar-refractivity contribution in [3.63, 3.8) is 0 Å². The van der Waals surface area contributed by atoms with Crippen LogP contribution in [-0.2, 0) is 16.1 Å². The molecule has 0 aliphatic carbocycles. The van der Waals surface area contributed by atoms with Crippen LogP contribution in [0.1, 0.15) is 47.8 Å². The number of benzene rings is 3. The Hall–Kier alpha value is -3.75. The van der Waals surface area contributed by atoms with Gasteiger partial charge in [-0.3, -0.25) is 9.59 Å². The van der Waals surface area contributed by atoms with E-state index in [9.17, 15) is 9.59 Å². The number of imidazole rings is 1. The minimum absolute atomic E-state index is 0.0219. The predicted octanol–water partition coefficient (Wildman–Crippen LogP) is 4.08. The highest BCUT2D eigenvalue weighted by Crippen LogP contribution is 2.30. The van der Waals surface area contributed by atoms with Gasteiger partial charge in [0.15, 0.2) is 0 Å². The quantitative estimate of drug-likeness (QED) is 0.303. The van der Waals surface area contributed by atoms with E-state index in [-0.39, 0.29) is 30.7 Å². The van der Waals surface area contributed by atoms with Crippen molar-refractivity contribution in [2.75, 3.05) is 33.4 Å². The van der Waals surface area contributed by atoms with Crippen LogP contribution in [0.5, 0.6) is 0 Å². The number of para-hydroxylation sites is 2. The summed E-state index contributed by atoms with van der Waals surface area (Å²) in [5.74, 6) is 1.05. The van der Waals surface area contributed by atoms with E-state index in [0.717, 1.165) is 53.4 Å². The molecule has 8 nitrogen and oxygen atoms in total. The molecular formula is C31H37N5O3. The van der Waals surface area contributed by atoms with Crippen molar-refractivity contribution in [3.05, 3.63) is 78.1 Å². The minimum Gasteiger partial charge on any atom is -0.385 e. The zero-order valence-corrected chi connectivity index (χ0v) is 22.5. The van der Waals surface area contributed by atoms with E-state index in [1.807, 2.05) is 65.6 Å². The number of hydrogen-bond acceptors (Lipinski definition) is 5. The van der Waals surface area contributed by atoms with E-state index in [1.165, 1.54) is 0 Å². The molecule has 0 spiro atoms. The molecule has 1 aliphatic heterocycles. The zero-order chi connectivity index (χ0) is 27.2. The second-order valence-corrected chi connectivity index (χ2v) is 10.3. The van der Waals surface area contributed by atoms with E-state index in [4.69, 9.17) is 15.5 Å². The average Bonchev–Trinajstić information content (AvgIpc) is 3.34. The number of methoxy groups -OCH3 is 1. The molecule has 4 aromatic rings. The van der Waals surface area contributed by atoms with E-state index < -0.39 is 6.04 Å². The fraction of sp³-hybridized carbons (Fsp3) is 0.387. The fourth-order valence-corrected chi connectivity index (χ4v) is 5.59. The lowest BCUT2D eigenvalue weighted by atomic mass is 9.96. The van der Waals surface area contributed by atoms with Crippen molar-refractivity contribution in [1.29, 1.82) is 0 Å². The number of carbonyl (C=O) groups is 2. The lowest BCUT2D eigenvalue weighted by Gasteiger charge is -2.33. The number of hydrogen-bond donors (Lipinski definition) is 2. The average molecular weight is 528 g/mol. The van der Waals surface area contributed by atoms with Gasteiger partial charge in [-0.25, -0.2) is 4.98 Å². The largest absolute Gasteiger partial charge is 0.385 e. The Morgan fingerprint density at radius 3 is 2.77 bits per heavy atom. The number of aromatic nitrogens is 2. The first-order valence-electron chi connectivity index (χ1n) is 13.8. The molecule has 2 heterocycles. The molecule has 5 rings (SSSR count). The summed E-state index contributed by atoms with van der Waals surface area (Å²) in [5, 5.41) is 4.83. The Morgan fingerprint density at radius 1 is 1.10 bits per heavy atom. The normalized spacial score (nSPS) is 16.5. The zero-order valence-electron chi connectivity index (χ0n) is 22.5. The Balaban J connectivity index is 1.20. The predicted molar refractivity (Wildman–Crippen MR) is 154 cm³/mol. The lowest BCUT2D eigenvalue weighted by Crippen LogP contribution is -2.45. The van der Waals surface area contributed by atoms with Gasteiger partial charge >= 0.3 is 0 Å². The number of piperidine rings is 1. The molecule has 3 aromatic carbocycles. The SMILES string of the molecule is COCCCn1c(C2CCCN(C(=O)CC(N)CNC(=O)c3cccc4ccccc34)C2)nc2ccccc21. The smallest absolute Gasteiger partial charge is 0.251 e. The van der Waals surface area contributed by atoms with Gasteiger partial charge in [-0.1, -0.05) is 48.5 Å².